The molecule has 1 fully saturated rings. The van der Waals surface area contributed by atoms with Crippen LogP contribution in [0.1, 0.15) is 55.9 Å². The monoisotopic (exact) mass is 393 g/mol. The number of fused-ring (bicyclic) bond motifs is 1. The van der Waals surface area contributed by atoms with Gasteiger partial charge in [-0.2, -0.15) is 0 Å². The molecule has 2 aliphatic heterocycles. The number of pyridine rings is 1. The van der Waals surface area contributed by atoms with Crippen molar-refractivity contribution >= 4 is 23.7 Å². The van der Waals surface area contributed by atoms with Crippen molar-refractivity contribution in [1.29, 1.82) is 0 Å². The number of amides is 3. The highest BCUT2D eigenvalue weighted by atomic mass is 16.4. The second-order valence-corrected chi connectivity index (χ2v) is 7.16. The fourth-order valence-electron chi connectivity index (χ4n) is 3.84. The Morgan fingerprint density at radius 3 is 2.48 bits per heavy atom. The van der Waals surface area contributed by atoms with E-state index in [0.717, 1.165) is 23.3 Å². The molecule has 1 unspecified atom stereocenters. The molecule has 1 aromatic heterocycles. The van der Waals surface area contributed by atoms with E-state index in [1.54, 1.807) is 24.5 Å². The zero-order chi connectivity index (χ0) is 20.5. The van der Waals surface area contributed by atoms with Gasteiger partial charge in [-0.15, -0.1) is 0 Å². The van der Waals surface area contributed by atoms with Crippen molar-refractivity contribution in [3.8, 4) is 0 Å². The maximum Gasteiger partial charge on any atom is 0.326 e. The molecule has 0 spiro atoms. The third kappa shape index (κ3) is 3.37. The molecule has 1 N–H and O–H groups in total. The molecule has 0 bridgehead atoms. The number of aromatic nitrogens is 1. The first-order valence-corrected chi connectivity index (χ1v) is 9.40. The summed E-state index contributed by atoms with van der Waals surface area (Å²) in [7, 11) is 0. The summed E-state index contributed by atoms with van der Waals surface area (Å²) in [5.41, 5.74) is 1.39. The minimum atomic E-state index is -1.03. The topological polar surface area (TPSA) is 108 Å². The van der Waals surface area contributed by atoms with E-state index >= 15 is 0 Å². The van der Waals surface area contributed by atoms with Crippen LogP contribution in [0, 0.1) is 0 Å². The fraction of sp³-hybridized carbons (Fsp3) is 0.286. The van der Waals surface area contributed by atoms with Crippen LogP contribution in [-0.2, 0) is 11.3 Å². The second-order valence-electron chi connectivity index (χ2n) is 7.16. The summed E-state index contributed by atoms with van der Waals surface area (Å²) in [6.45, 7) is 0.472. The molecule has 4 rings (SSSR count). The molecule has 148 valence electrons. The van der Waals surface area contributed by atoms with Gasteiger partial charge >= 0.3 is 5.97 Å². The molecule has 29 heavy (non-hydrogen) atoms. The molecule has 1 aromatic carbocycles. The van der Waals surface area contributed by atoms with Gasteiger partial charge in [0.25, 0.3) is 17.7 Å². The number of carboxylic acid groups (broad SMARTS) is 1. The van der Waals surface area contributed by atoms with E-state index in [1.807, 2.05) is 0 Å². The average Bonchev–Trinajstić information content (AvgIpc) is 2.98. The van der Waals surface area contributed by atoms with E-state index in [9.17, 15) is 24.3 Å². The molecule has 3 heterocycles. The molecule has 1 saturated heterocycles. The molecule has 8 nitrogen and oxygen atoms in total. The lowest BCUT2D eigenvalue weighted by Crippen LogP contribution is -2.48. The van der Waals surface area contributed by atoms with Gasteiger partial charge in [-0.25, -0.2) is 4.79 Å². The van der Waals surface area contributed by atoms with Crippen molar-refractivity contribution in [3.63, 3.8) is 0 Å². The molecular formula is C21H19N3O5. The zero-order valence-electron chi connectivity index (χ0n) is 15.6. The fourth-order valence-corrected chi connectivity index (χ4v) is 3.84. The number of hydrogen-bond donors (Lipinski definition) is 1. The number of imide groups is 1. The Hall–Kier alpha value is -3.55. The zero-order valence-corrected chi connectivity index (χ0v) is 15.6. The summed E-state index contributed by atoms with van der Waals surface area (Å²) < 4.78 is 0. The van der Waals surface area contributed by atoms with Crippen molar-refractivity contribution in [2.24, 2.45) is 0 Å². The van der Waals surface area contributed by atoms with Crippen LogP contribution in [0.3, 0.4) is 0 Å². The van der Waals surface area contributed by atoms with Crippen LogP contribution in [0.4, 0.5) is 0 Å². The highest BCUT2D eigenvalue weighted by molar-refractivity contribution is 6.22. The minimum Gasteiger partial charge on any atom is -0.480 e. The van der Waals surface area contributed by atoms with Crippen LogP contribution in [0.2, 0.25) is 0 Å². The van der Waals surface area contributed by atoms with Gasteiger partial charge in [0.05, 0.1) is 17.7 Å². The van der Waals surface area contributed by atoms with Gasteiger partial charge in [0.15, 0.2) is 0 Å². The summed E-state index contributed by atoms with van der Waals surface area (Å²) in [5, 5.41) is 9.41. The van der Waals surface area contributed by atoms with Gasteiger partial charge < -0.3 is 10.0 Å². The molecule has 8 heteroatoms. The normalized spacial score (nSPS) is 18.7. The van der Waals surface area contributed by atoms with Crippen molar-refractivity contribution in [3.05, 3.63) is 65.0 Å². The molecule has 0 saturated carbocycles. The van der Waals surface area contributed by atoms with E-state index in [-0.39, 0.29) is 23.2 Å². The van der Waals surface area contributed by atoms with Crippen molar-refractivity contribution in [1.82, 2.24) is 14.8 Å². The maximum absolute atomic E-state index is 12.9. The van der Waals surface area contributed by atoms with Crippen LogP contribution in [0.25, 0.3) is 0 Å². The van der Waals surface area contributed by atoms with E-state index in [4.69, 9.17) is 0 Å². The predicted molar refractivity (Wildman–Crippen MR) is 101 cm³/mol. The number of carbonyl (C=O) groups excluding carboxylic acids is 3. The number of carboxylic acids is 1. The summed E-state index contributed by atoms with van der Waals surface area (Å²) in [6, 6.07) is 6.93. The minimum absolute atomic E-state index is 0.116. The predicted octanol–water partition coefficient (Wildman–Crippen LogP) is 1.96. The number of nitrogens with zero attached hydrogens (tertiary/aromatic N) is 3. The molecule has 2 aliphatic rings. The van der Waals surface area contributed by atoms with Gasteiger partial charge in [0, 0.05) is 24.5 Å². The molecular weight excluding hydrogens is 374 g/mol. The van der Waals surface area contributed by atoms with Crippen LogP contribution >= 0.6 is 0 Å². The molecule has 0 aliphatic carbocycles. The first kappa shape index (κ1) is 18.8. The Kier molecular flexibility index (Phi) is 4.84. The SMILES string of the molecule is O=C(O)C1CCCCN1C(=O)c1ccc2c(c1)C(=O)N(Cc1ccncc1)C2=O. The van der Waals surface area contributed by atoms with E-state index in [0.29, 0.717) is 13.0 Å². The third-order valence-electron chi connectivity index (χ3n) is 5.36. The van der Waals surface area contributed by atoms with Gasteiger partial charge in [0.1, 0.15) is 6.04 Å². The third-order valence-corrected chi connectivity index (χ3v) is 5.36. The standard InChI is InChI=1S/C21H19N3O5/c25-18(23-10-2-1-3-17(23)21(28)29)14-4-5-15-16(11-14)20(27)24(19(15)26)12-13-6-8-22-9-7-13/h4-9,11,17H,1-3,10,12H2,(H,28,29). The molecule has 3 amide bonds. The summed E-state index contributed by atoms with van der Waals surface area (Å²) in [6.07, 6.45) is 5.06. The smallest absolute Gasteiger partial charge is 0.326 e. The Labute approximate surface area is 166 Å². The molecule has 1 atom stereocenters. The van der Waals surface area contributed by atoms with Crippen LogP contribution in [0.15, 0.2) is 42.7 Å². The van der Waals surface area contributed by atoms with Gasteiger partial charge in [0.2, 0.25) is 0 Å². The Morgan fingerprint density at radius 2 is 1.76 bits per heavy atom. The van der Waals surface area contributed by atoms with Gasteiger partial charge in [-0.3, -0.25) is 24.3 Å². The summed E-state index contributed by atoms with van der Waals surface area (Å²) >= 11 is 0. The van der Waals surface area contributed by atoms with E-state index in [2.05, 4.69) is 4.98 Å². The lowest BCUT2D eigenvalue weighted by Gasteiger charge is -2.33. The van der Waals surface area contributed by atoms with Crippen LogP contribution in [-0.4, -0.2) is 56.2 Å². The lowest BCUT2D eigenvalue weighted by molar-refractivity contribution is -0.143. The quantitative estimate of drug-likeness (QED) is 0.796. The molecule has 0 radical (unpaired) electrons. The highest BCUT2D eigenvalue weighted by Gasteiger charge is 2.37. The highest BCUT2D eigenvalue weighted by Crippen LogP contribution is 2.27. The Balaban J connectivity index is 1.60. The average molecular weight is 393 g/mol. The lowest BCUT2D eigenvalue weighted by atomic mass is 9.99. The van der Waals surface area contributed by atoms with Crippen molar-refractivity contribution in [2.75, 3.05) is 6.54 Å². The summed E-state index contributed by atoms with van der Waals surface area (Å²) in [4.78, 5) is 56.3. The van der Waals surface area contributed by atoms with Crippen molar-refractivity contribution < 1.29 is 24.3 Å². The number of hydrogen-bond acceptors (Lipinski definition) is 5. The van der Waals surface area contributed by atoms with Gasteiger partial charge in [-0.05, 0) is 55.2 Å². The number of piperidine rings is 1. The number of benzene rings is 1. The first-order valence-electron chi connectivity index (χ1n) is 9.40. The first-order chi connectivity index (χ1) is 14.0. The Morgan fingerprint density at radius 1 is 1.03 bits per heavy atom. The summed E-state index contributed by atoms with van der Waals surface area (Å²) in [5.74, 6) is -2.35. The number of carbonyl (C=O) groups is 4. The number of likely N-dealkylation sites (tertiary alicyclic amines) is 1. The largest absolute Gasteiger partial charge is 0.480 e. The van der Waals surface area contributed by atoms with Crippen LogP contribution < -0.4 is 0 Å². The Bertz CT molecular complexity index is 1000. The molecule has 2 aromatic rings. The van der Waals surface area contributed by atoms with E-state index in [1.165, 1.54) is 23.1 Å². The van der Waals surface area contributed by atoms with E-state index < -0.39 is 29.7 Å². The van der Waals surface area contributed by atoms with Crippen molar-refractivity contribution in [2.45, 2.75) is 31.8 Å². The van der Waals surface area contributed by atoms with Gasteiger partial charge in [-0.1, -0.05) is 0 Å². The maximum atomic E-state index is 12.9. The second kappa shape index (κ2) is 7.46. The number of rotatable bonds is 4. The number of aliphatic carboxylic acids is 1. The van der Waals surface area contributed by atoms with Crippen LogP contribution in [0.5, 0.6) is 0 Å².